The van der Waals surface area contributed by atoms with Gasteiger partial charge >= 0.3 is 0 Å². The molecule has 2 heterocycles. The quantitative estimate of drug-likeness (QED) is 0.741. The van der Waals surface area contributed by atoms with Crippen LogP contribution in [0.5, 0.6) is 0 Å². The van der Waals surface area contributed by atoms with E-state index in [1.807, 2.05) is 25.4 Å². The maximum Gasteiger partial charge on any atom is 0.128 e. The van der Waals surface area contributed by atoms with E-state index in [-0.39, 0.29) is 5.38 Å². The van der Waals surface area contributed by atoms with Gasteiger partial charge in [-0.15, -0.1) is 11.6 Å². The molecule has 0 saturated carbocycles. The lowest BCUT2D eigenvalue weighted by Gasteiger charge is -2.25. The second kappa shape index (κ2) is 5.91. The third-order valence-corrected chi connectivity index (χ3v) is 4.21. The summed E-state index contributed by atoms with van der Waals surface area (Å²) >= 11 is 6.31. The molecule has 0 aliphatic heterocycles. The molecule has 104 valence electrons. The third-order valence-electron chi connectivity index (χ3n) is 4.01. The highest BCUT2D eigenvalue weighted by Gasteiger charge is 2.23. The summed E-state index contributed by atoms with van der Waals surface area (Å²) in [5, 5.41) is -0.0933. The predicted octanol–water partition coefficient (Wildman–Crippen LogP) is 4.73. The van der Waals surface area contributed by atoms with Gasteiger partial charge in [-0.2, -0.15) is 0 Å². The summed E-state index contributed by atoms with van der Waals surface area (Å²) in [6, 6.07) is 2.43. The second-order valence-electron chi connectivity index (χ2n) is 5.14. The number of alkyl halides is 1. The van der Waals surface area contributed by atoms with Gasteiger partial charge in [-0.05, 0) is 25.8 Å². The van der Waals surface area contributed by atoms with Crippen molar-refractivity contribution < 1.29 is 0 Å². The van der Waals surface area contributed by atoms with Gasteiger partial charge in [-0.3, -0.25) is 4.98 Å². The first-order chi connectivity index (χ1) is 9.10. The van der Waals surface area contributed by atoms with Gasteiger partial charge in [0.15, 0.2) is 0 Å². The molecule has 2 rings (SSSR count). The molecular weight excluding hydrogens is 258 g/mol. The second-order valence-corrected chi connectivity index (χ2v) is 5.79. The molecule has 4 heteroatoms. The van der Waals surface area contributed by atoms with Crippen LogP contribution in [0.4, 0.5) is 0 Å². The third kappa shape index (κ3) is 2.62. The van der Waals surface area contributed by atoms with E-state index in [2.05, 4.69) is 35.3 Å². The Morgan fingerprint density at radius 2 is 1.95 bits per heavy atom. The highest BCUT2D eigenvalue weighted by atomic mass is 35.5. The molecule has 19 heavy (non-hydrogen) atoms. The van der Waals surface area contributed by atoms with Crippen molar-refractivity contribution in [1.29, 1.82) is 0 Å². The van der Waals surface area contributed by atoms with Gasteiger partial charge in [0, 0.05) is 12.2 Å². The van der Waals surface area contributed by atoms with Gasteiger partial charge in [0.1, 0.15) is 11.3 Å². The Balaban J connectivity index is 2.58. The zero-order valence-electron chi connectivity index (χ0n) is 12.1. The van der Waals surface area contributed by atoms with E-state index < -0.39 is 0 Å². The fraction of sp³-hybridized carbons (Fsp3) is 0.600. The summed E-state index contributed by atoms with van der Waals surface area (Å²) < 4.78 is 2.30. The summed E-state index contributed by atoms with van der Waals surface area (Å²) in [5.74, 6) is 1.59. The monoisotopic (exact) mass is 279 g/mol. The molecule has 0 N–H and O–H groups in total. The van der Waals surface area contributed by atoms with Crippen molar-refractivity contribution in [2.75, 3.05) is 0 Å². The first-order valence-corrected chi connectivity index (χ1v) is 7.49. The number of rotatable bonds is 5. The maximum atomic E-state index is 6.31. The molecule has 2 aromatic heterocycles. The fourth-order valence-corrected chi connectivity index (χ4v) is 3.01. The Morgan fingerprint density at radius 3 is 2.53 bits per heavy atom. The van der Waals surface area contributed by atoms with Crippen molar-refractivity contribution in [3.63, 3.8) is 0 Å². The Kier molecular flexibility index (Phi) is 4.46. The Hall–Kier alpha value is -1.09. The highest BCUT2D eigenvalue weighted by Crippen LogP contribution is 2.32. The van der Waals surface area contributed by atoms with E-state index in [1.54, 1.807) is 0 Å². The van der Waals surface area contributed by atoms with Crippen LogP contribution in [0.25, 0.3) is 11.0 Å². The van der Waals surface area contributed by atoms with Crippen molar-refractivity contribution in [2.24, 2.45) is 5.92 Å². The molecule has 0 saturated heterocycles. The first-order valence-electron chi connectivity index (χ1n) is 7.06. The number of pyridine rings is 1. The molecule has 3 nitrogen and oxygen atoms in total. The average molecular weight is 280 g/mol. The first kappa shape index (κ1) is 14.3. The Morgan fingerprint density at radius 1 is 1.26 bits per heavy atom. The fourth-order valence-electron chi connectivity index (χ4n) is 2.86. The minimum absolute atomic E-state index is 0.0933. The summed E-state index contributed by atoms with van der Waals surface area (Å²) in [5.41, 5.74) is 2.07. The van der Waals surface area contributed by atoms with Crippen LogP contribution in [0.15, 0.2) is 18.5 Å². The molecule has 0 aliphatic carbocycles. The number of aromatic nitrogens is 3. The van der Waals surface area contributed by atoms with Crippen molar-refractivity contribution >= 4 is 22.6 Å². The summed E-state index contributed by atoms with van der Waals surface area (Å²) in [6.45, 7) is 8.73. The van der Waals surface area contributed by atoms with E-state index in [0.29, 0.717) is 12.0 Å². The van der Waals surface area contributed by atoms with Gasteiger partial charge in [0.2, 0.25) is 0 Å². The molecule has 0 spiro atoms. The summed E-state index contributed by atoms with van der Waals surface area (Å²) in [7, 11) is 0. The lowest BCUT2D eigenvalue weighted by molar-refractivity contribution is 0.332. The number of halogens is 1. The molecule has 0 radical (unpaired) electrons. The topological polar surface area (TPSA) is 30.7 Å². The van der Waals surface area contributed by atoms with Crippen molar-refractivity contribution in [1.82, 2.24) is 14.5 Å². The average Bonchev–Trinajstić information content (AvgIpc) is 2.79. The molecule has 2 aromatic rings. The van der Waals surface area contributed by atoms with Crippen LogP contribution in [-0.2, 0) is 0 Å². The van der Waals surface area contributed by atoms with Crippen LogP contribution in [-0.4, -0.2) is 14.5 Å². The van der Waals surface area contributed by atoms with Crippen LogP contribution < -0.4 is 0 Å². The smallest absolute Gasteiger partial charge is 0.128 e. The summed E-state index contributed by atoms with van der Waals surface area (Å²) in [6.07, 6.45) is 5.97. The largest absolute Gasteiger partial charge is 0.324 e. The van der Waals surface area contributed by atoms with E-state index in [4.69, 9.17) is 11.6 Å². The minimum Gasteiger partial charge on any atom is -0.324 e. The number of hydrogen-bond donors (Lipinski definition) is 0. The predicted molar refractivity (Wildman–Crippen MR) is 80.6 cm³/mol. The Bertz CT molecular complexity index is 543. The van der Waals surface area contributed by atoms with Gasteiger partial charge in [0.05, 0.1) is 17.1 Å². The molecule has 0 fully saturated rings. The SMILES string of the molecule is CCC(CC)C(C)n1c(C(C)Cl)nc2cnccc21. The molecule has 0 bridgehead atoms. The van der Waals surface area contributed by atoms with Crippen LogP contribution in [0.2, 0.25) is 0 Å². The van der Waals surface area contributed by atoms with Crippen LogP contribution in [0.1, 0.15) is 57.8 Å². The minimum atomic E-state index is -0.0933. The number of imidazole rings is 1. The van der Waals surface area contributed by atoms with Gasteiger partial charge < -0.3 is 4.57 Å². The van der Waals surface area contributed by atoms with Crippen molar-refractivity contribution in [3.8, 4) is 0 Å². The molecule has 0 aliphatic rings. The number of nitrogens with zero attached hydrogens (tertiary/aromatic N) is 3. The van der Waals surface area contributed by atoms with Gasteiger partial charge in [0.25, 0.3) is 0 Å². The van der Waals surface area contributed by atoms with E-state index in [9.17, 15) is 0 Å². The zero-order chi connectivity index (χ0) is 14.0. The van der Waals surface area contributed by atoms with Crippen molar-refractivity contribution in [3.05, 3.63) is 24.3 Å². The van der Waals surface area contributed by atoms with Crippen molar-refractivity contribution in [2.45, 2.75) is 52.0 Å². The standard InChI is InChI=1S/C15H22ClN3/c1-5-12(6-2)11(4)19-14-7-8-17-9-13(14)18-15(19)10(3)16/h7-12H,5-6H2,1-4H3. The van der Waals surface area contributed by atoms with E-state index >= 15 is 0 Å². The van der Waals surface area contributed by atoms with E-state index in [1.165, 1.54) is 12.8 Å². The van der Waals surface area contributed by atoms with Crippen LogP contribution in [0.3, 0.4) is 0 Å². The normalized spacial score (nSPS) is 15.1. The number of fused-ring (bicyclic) bond motifs is 1. The summed E-state index contributed by atoms with van der Waals surface area (Å²) in [4.78, 5) is 8.80. The number of hydrogen-bond acceptors (Lipinski definition) is 2. The molecular formula is C15H22ClN3. The lowest BCUT2D eigenvalue weighted by atomic mass is 9.95. The van der Waals surface area contributed by atoms with Gasteiger partial charge in [-0.25, -0.2) is 4.98 Å². The lowest BCUT2D eigenvalue weighted by Crippen LogP contribution is -2.18. The Labute approximate surface area is 120 Å². The molecule has 0 aromatic carbocycles. The molecule has 2 unspecified atom stereocenters. The van der Waals surface area contributed by atoms with E-state index in [0.717, 1.165) is 16.9 Å². The molecule has 2 atom stereocenters. The zero-order valence-corrected chi connectivity index (χ0v) is 12.9. The highest BCUT2D eigenvalue weighted by molar-refractivity contribution is 6.20. The van der Waals surface area contributed by atoms with Crippen LogP contribution >= 0.6 is 11.6 Å². The van der Waals surface area contributed by atoms with Gasteiger partial charge in [-0.1, -0.05) is 26.7 Å². The van der Waals surface area contributed by atoms with Crippen LogP contribution in [0, 0.1) is 5.92 Å². The maximum absolute atomic E-state index is 6.31. The molecule has 0 amide bonds.